The molecule has 0 amide bonds. The molecule has 0 unspecified atom stereocenters. The van der Waals surface area contributed by atoms with Gasteiger partial charge in [-0.3, -0.25) is 0 Å². The van der Waals surface area contributed by atoms with Gasteiger partial charge < -0.3 is 19.2 Å². The number of ether oxygens (including phenoxy) is 2. The summed E-state index contributed by atoms with van der Waals surface area (Å²) >= 11 is 0. The Morgan fingerprint density at radius 2 is 1.63 bits per heavy atom. The zero-order valence-electron chi connectivity index (χ0n) is 20.8. The van der Waals surface area contributed by atoms with Crippen LogP contribution in [-0.2, 0) is 20.4 Å². The van der Waals surface area contributed by atoms with Crippen molar-refractivity contribution in [3.8, 4) is 11.5 Å². The SMILES string of the molecule is COCO[C@H](C#C[Si](C)(C)C)[C@@H](NCc1ccccc1)[C@H](C)O[Si](C)(C)C(C)(C)C. The molecule has 0 saturated heterocycles. The Bertz CT molecular complexity index is 684. The van der Waals surface area contributed by atoms with Crippen molar-refractivity contribution < 1.29 is 13.9 Å². The molecule has 1 N–H and O–H groups in total. The van der Waals surface area contributed by atoms with Crippen LogP contribution in [0.1, 0.15) is 33.3 Å². The van der Waals surface area contributed by atoms with Gasteiger partial charge in [-0.25, -0.2) is 0 Å². The highest BCUT2D eigenvalue weighted by molar-refractivity contribution is 6.83. The monoisotopic (exact) mass is 449 g/mol. The third-order valence-corrected chi connectivity index (χ3v) is 10.9. The van der Waals surface area contributed by atoms with Gasteiger partial charge in [0.1, 0.15) is 21.0 Å². The average molecular weight is 450 g/mol. The number of rotatable bonds is 10. The normalized spacial score (nSPS) is 15.8. The lowest BCUT2D eigenvalue weighted by atomic mass is 10.1. The Morgan fingerprint density at radius 1 is 1.03 bits per heavy atom. The first-order chi connectivity index (χ1) is 13.8. The first kappa shape index (κ1) is 27.1. The molecule has 4 nitrogen and oxygen atoms in total. The molecule has 0 aliphatic rings. The summed E-state index contributed by atoms with van der Waals surface area (Å²) in [5.74, 6) is 3.42. The summed E-state index contributed by atoms with van der Waals surface area (Å²) in [6.45, 7) is 21.2. The first-order valence-electron chi connectivity index (χ1n) is 10.9. The summed E-state index contributed by atoms with van der Waals surface area (Å²) in [6, 6.07) is 10.3. The highest BCUT2D eigenvalue weighted by Gasteiger charge is 2.41. The van der Waals surface area contributed by atoms with Crippen LogP contribution in [-0.4, -0.2) is 48.5 Å². The van der Waals surface area contributed by atoms with Crippen LogP contribution in [0.4, 0.5) is 0 Å². The molecule has 3 atom stereocenters. The standard InChI is InChI=1S/C24H43NO3Si2/c1-20(28-30(9,10)24(2,3)4)23(25-18-21-14-12-11-13-15-21)22(27-19-26-5)16-17-29(6,7)8/h11-15,20,22-23,25H,18-19H2,1-10H3/t20-,22+,23-/m0/s1. The molecule has 0 aliphatic carbocycles. The molecule has 0 saturated carbocycles. The molecule has 0 fully saturated rings. The molecular formula is C24H43NO3Si2. The summed E-state index contributed by atoms with van der Waals surface area (Å²) in [7, 11) is -1.84. The fourth-order valence-corrected chi connectivity index (χ4v) is 4.73. The number of hydrogen-bond donors (Lipinski definition) is 1. The van der Waals surface area contributed by atoms with Crippen molar-refractivity contribution in [1.82, 2.24) is 5.32 Å². The lowest BCUT2D eigenvalue weighted by molar-refractivity contribution is -0.0740. The summed E-state index contributed by atoms with van der Waals surface area (Å²) in [4.78, 5) is 0. The molecule has 1 aromatic carbocycles. The van der Waals surface area contributed by atoms with E-state index in [-0.39, 0.29) is 30.1 Å². The summed E-state index contributed by atoms with van der Waals surface area (Å²) in [6.07, 6.45) is -0.354. The zero-order chi connectivity index (χ0) is 23.0. The van der Waals surface area contributed by atoms with Crippen LogP contribution in [0.15, 0.2) is 30.3 Å². The van der Waals surface area contributed by atoms with E-state index in [1.54, 1.807) is 7.11 Å². The second kappa shape index (κ2) is 11.6. The largest absolute Gasteiger partial charge is 0.412 e. The predicted molar refractivity (Wildman–Crippen MR) is 133 cm³/mol. The van der Waals surface area contributed by atoms with Crippen LogP contribution in [0.25, 0.3) is 0 Å². The van der Waals surface area contributed by atoms with Crippen LogP contribution >= 0.6 is 0 Å². The van der Waals surface area contributed by atoms with E-state index in [1.165, 1.54) is 5.56 Å². The van der Waals surface area contributed by atoms with Crippen molar-refractivity contribution in [2.45, 2.75) is 90.3 Å². The van der Waals surface area contributed by atoms with Crippen molar-refractivity contribution in [1.29, 1.82) is 0 Å². The summed E-state index contributed by atoms with van der Waals surface area (Å²) in [5.41, 5.74) is 4.71. The fraction of sp³-hybridized carbons (Fsp3) is 0.667. The Hall–Kier alpha value is -0.946. The first-order valence-corrected chi connectivity index (χ1v) is 17.3. The van der Waals surface area contributed by atoms with Gasteiger partial charge in [-0.1, -0.05) is 76.7 Å². The molecule has 6 heteroatoms. The van der Waals surface area contributed by atoms with Gasteiger partial charge in [-0.2, -0.15) is 0 Å². The lowest BCUT2D eigenvalue weighted by Crippen LogP contribution is -2.54. The van der Waals surface area contributed by atoms with Crippen LogP contribution in [0.2, 0.25) is 37.8 Å². The van der Waals surface area contributed by atoms with Gasteiger partial charge in [0, 0.05) is 13.7 Å². The maximum atomic E-state index is 6.74. The van der Waals surface area contributed by atoms with Crippen LogP contribution in [0, 0.1) is 11.5 Å². The topological polar surface area (TPSA) is 39.7 Å². The van der Waals surface area contributed by atoms with Crippen LogP contribution in [0.5, 0.6) is 0 Å². The highest BCUT2D eigenvalue weighted by atomic mass is 28.4. The molecule has 1 rings (SSSR count). The number of nitrogens with one attached hydrogen (secondary N) is 1. The van der Waals surface area contributed by atoms with E-state index in [0.29, 0.717) is 0 Å². The van der Waals surface area contributed by atoms with Crippen molar-refractivity contribution in [3.05, 3.63) is 35.9 Å². The number of benzene rings is 1. The van der Waals surface area contributed by atoms with E-state index in [2.05, 4.69) is 101 Å². The minimum atomic E-state index is -1.94. The Kier molecular flexibility index (Phi) is 10.5. The third-order valence-electron chi connectivity index (χ3n) is 5.46. The van der Waals surface area contributed by atoms with Crippen LogP contribution < -0.4 is 5.32 Å². The molecule has 170 valence electrons. The molecular weight excluding hydrogens is 406 g/mol. The van der Waals surface area contributed by atoms with Gasteiger partial charge in [0.05, 0.1) is 12.1 Å². The van der Waals surface area contributed by atoms with Crippen molar-refractivity contribution in [2.24, 2.45) is 0 Å². The quantitative estimate of drug-likeness (QED) is 0.294. The van der Waals surface area contributed by atoms with Gasteiger partial charge in [-0.15, -0.1) is 5.54 Å². The zero-order valence-corrected chi connectivity index (χ0v) is 22.8. The Morgan fingerprint density at radius 3 is 2.13 bits per heavy atom. The molecule has 0 aromatic heterocycles. The van der Waals surface area contributed by atoms with E-state index >= 15 is 0 Å². The average Bonchev–Trinajstić information content (AvgIpc) is 2.62. The Labute approximate surface area is 187 Å². The maximum Gasteiger partial charge on any atom is 0.192 e. The molecule has 0 bridgehead atoms. The number of hydrogen-bond acceptors (Lipinski definition) is 4. The minimum Gasteiger partial charge on any atom is -0.412 e. The van der Waals surface area contributed by atoms with Gasteiger partial charge in [0.25, 0.3) is 0 Å². The summed E-state index contributed by atoms with van der Waals surface area (Å²) < 4.78 is 18.0. The second-order valence-corrected chi connectivity index (χ2v) is 20.0. The third kappa shape index (κ3) is 9.46. The van der Waals surface area contributed by atoms with E-state index in [9.17, 15) is 0 Å². The van der Waals surface area contributed by atoms with E-state index < -0.39 is 16.4 Å². The Balaban J connectivity index is 3.17. The molecule has 0 radical (unpaired) electrons. The minimum absolute atomic E-state index is 0.0487. The molecule has 30 heavy (non-hydrogen) atoms. The second-order valence-electron chi connectivity index (χ2n) is 10.5. The van der Waals surface area contributed by atoms with Crippen molar-refractivity contribution in [2.75, 3.05) is 13.9 Å². The van der Waals surface area contributed by atoms with E-state index in [0.717, 1.165) is 6.54 Å². The van der Waals surface area contributed by atoms with E-state index in [4.69, 9.17) is 13.9 Å². The molecule has 0 spiro atoms. The number of methoxy groups -OCH3 is 1. The molecule has 1 aromatic rings. The van der Waals surface area contributed by atoms with Gasteiger partial charge in [0.2, 0.25) is 0 Å². The highest BCUT2D eigenvalue weighted by Crippen LogP contribution is 2.37. The van der Waals surface area contributed by atoms with Crippen molar-refractivity contribution >= 4 is 16.4 Å². The van der Waals surface area contributed by atoms with Gasteiger partial charge >= 0.3 is 0 Å². The van der Waals surface area contributed by atoms with Crippen molar-refractivity contribution in [3.63, 3.8) is 0 Å². The predicted octanol–water partition coefficient (Wildman–Crippen LogP) is 5.43. The molecule has 0 heterocycles. The fourth-order valence-electron chi connectivity index (χ4n) is 2.73. The lowest BCUT2D eigenvalue weighted by Gasteiger charge is -2.41. The van der Waals surface area contributed by atoms with Gasteiger partial charge in [0.15, 0.2) is 8.32 Å². The molecule has 0 aliphatic heterocycles. The van der Waals surface area contributed by atoms with Crippen LogP contribution in [0.3, 0.4) is 0 Å². The van der Waals surface area contributed by atoms with Gasteiger partial charge in [-0.05, 0) is 30.6 Å². The maximum absolute atomic E-state index is 6.74. The smallest absolute Gasteiger partial charge is 0.192 e. The van der Waals surface area contributed by atoms with E-state index in [1.807, 2.05) is 6.07 Å². The summed E-state index contributed by atoms with van der Waals surface area (Å²) in [5, 5.41) is 3.82.